The monoisotopic (exact) mass is 305 g/mol. The highest BCUT2D eigenvalue weighted by atomic mass is 16.5. The fourth-order valence-corrected chi connectivity index (χ4v) is 2.86. The second-order valence-corrected chi connectivity index (χ2v) is 5.92. The first kappa shape index (κ1) is 16.9. The molecular weight excluding hydrogens is 278 g/mol. The van der Waals surface area contributed by atoms with E-state index in [1.54, 1.807) is 12.0 Å². The highest BCUT2D eigenvalue weighted by Gasteiger charge is 2.31. The standard InChI is InChI=1S/C17H27N3O2/c1-18(2)17(21)16(15-7-5-4-6-8-15)20-11-9-19(10-12-20)13-14-22-3/h4-8,16H,9-14H2,1-3H3/t16-/m0/s1. The summed E-state index contributed by atoms with van der Waals surface area (Å²) in [5.41, 5.74) is 1.08. The molecule has 0 aliphatic carbocycles. The predicted octanol–water partition coefficient (Wildman–Crippen LogP) is 1.08. The number of piperazine rings is 1. The molecule has 1 atom stereocenters. The van der Waals surface area contributed by atoms with Gasteiger partial charge < -0.3 is 9.64 Å². The lowest BCUT2D eigenvalue weighted by molar-refractivity contribution is -0.135. The minimum atomic E-state index is -0.180. The third kappa shape index (κ3) is 4.29. The van der Waals surface area contributed by atoms with Gasteiger partial charge in [-0.3, -0.25) is 14.6 Å². The number of rotatable bonds is 6. The van der Waals surface area contributed by atoms with Crippen molar-refractivity contribution in [1.82, 2.24) is 14.7 Å². The quantitative estimate of drug-likeness (QED) is 0.788. The minimum Gasteiger partial charge on any atom is -0.383 e. The molecule has 1 heterocycles. The maximum atomic E-state index is 12.6. The lowest BCUT2D eigenvalue weighted by Gasteiger charge is -2.39. The number of carbonyl (C=O) groups is 1. The molecule has 1 aromatic rings. The van der Waals surface area contributed by atoms with Crippen molar-refractivity contribution in [3.63, 3.8) is 0 Å². The normalized spacial score (nSPS) is 18.1. The average molecular weight is 305 g/mol. The first-order valence-electron chi connectivity index (χ1n) is 7.85. The molecule has 5 heteroatoms. The van der Waals surface area contributed by atoms with Gasteiger partial charge in [-0.05, 0) is 5.56 Å². The smallest absolute Gasteiger partial charge is 0.244 e. The van der Waals surface area contributed by atoms with Gasteiger partial charge in [-0.2, -0.15) is 0 Å². The Labute approximate surface area is 133 Å². The second-order valence-electron chi connectivity index (χ2n) is 5.92. The number of hydrogen-bond acceptors (Lipinski definition) is 4. The lowest BCUT2D eigenvalue weighted by atomic mass is 10.0. The van der Waals surface area contributed by atoms with Crippen molar-refractivity contribution >= 4 is 5.91 Å². The molecule has 0 N–H and O–H groups in total. The average Bonchev–Trinajstić information content (AvgIpc) is 2.55. The van der Waals surface area contributed by atoms with Gasteiger partial charge in [-0.25, -0.2) is 0 Å². The van der Waals surface area contributed by atoms with E-state index in [2.05, 4.69) is 9.80 Å². The van der Waals surface area contributed by atoms with Crippen LogP contribution in [0.5, 0.6) is 0 Å². The third-order valence-corrected chi connectivity index (χ3v) is 4.17. The van der Waals surface area contributed by atoms with E-state index in [1.807, 2.05) is 44.4 Å². The van der Waals surface area contributed by atoms with Gasteiger partial charge >= 0.3 is 0 Å². The minimum absolute atomic E-state index is 0.150. The van der Waals surface area contributed by atoms with E-state index >= 15 is 0 Å². The fourth-order valence-electron chi connectivity index (χ4n) is 2.86. The molecule has 0 bridgehead atoms. The largest absolute Gasteiger partial charge is 0.383 e. The molecule has 1 saturated heterocycles. The zero-order chi connectivity index (χ0) is 15.9. The molecule has 5 nitrogen and oxygen atoms in total. The summed E-state index contributed by atoms with van der Waals surface area (Å²) in [6, 6.07) is 9.90. The molecule has 2 rings (SSSR count). The molecule has 22 heavy (non-hydrogen) atoms. The number of methoxy groups -OCH3 is 1. The van der Waals surface area contributed by atoms with Crippen LogP contribution in [-0.4, -0.2) is 81.1 Å². The molecule has 1 amide bonds. The van der Waals surface area contributed by atoms with Gasteiger partial charge in [0.25, 0.3) is 0 Å². The number of carbonyl (C=O) groups excluding carboxylic acids is 1. The number of hydrogen-bond donors (Lipinski definition) is 0. The van der Waals surface area contributed by atoms with E-state index in [0.717, 1.165) is 44.9 Å². The van der Waals surface area contributed by atoms with Crippen molar-refractivity contribution in [2.24, 2.45) is 0 Å². The zero-order valence-electron chi connectivity index (χ0n) is 13.9. The van der Waals surface area contributed by atoms with E-state index in [1.165, 1.54) is 0 Å². The van der Waals surface area contributed by atoms with Crippen LogP contribution in [0.3, 0.4) is 0 Å². The molecule has 1 aliphatic rings. The summed E-state index contributed by atoms with van der Waals surface area (Å²) >= 11 is 0. The fraction of sp³-hybridized carbons (Fsp3) is 0.588. The molecule has 0 spiro atoms. The molecule has 1 fully saturated rings. The highest BCUT2D eigenvalue weighted by molar-refractivity contribution is 5.82. The number of nitrogens with zero attached hydrogens (tertiary/aromatic N) is 3. The van der Waals surface area contributed by atoms with Gasteiger partial charge in [0.15, 0.2) is 0 Å². The van der Waals surface area contributed by atoms with Crippen LogP contribution in [0.4, 0.5) is 0 Å². The summed E-state index contributed by atoms with van der Waals surface area (Å²) in [5, 5.41) is 0. The number of benzene rings is 1. The summed E-state index contributed by atoms with van der Waals surface area (Å²) in [6.45, 7) is 5.49. The molecular formula is C17H27N3O2. The van der Waals surface area contributed by atoms with Gasteiger partial charge in [0, 0.05) is 53.9 Å². The first-order valence-corrected chi connectivity index (χ1v) is 7.85. The Kier molecular flexibility index (Phi) is 6.36. The Morgan fingerprint density at radius 1 is 1.18 bits per heavy atom. The SMILES string of the molecule is COCCN1CCN([C@H](C(=O)N(C)C)c2ccccc2)CC1. The Hall–Kier alpha value is -1.43. The van der Waals surface area contributed by atoms with E-state index in [9.17, 15) is 4.79 Å². The summed E-state index contributed by atoms with van der Waals surface area (Å²) in [6.07, 6.45) is 0. The maximum absolute atomic E-state index is 12.6. The number of amides is 1. The van der Waals surface area contributed by atoms with Crippen molar-refractivity contribution in [2.45, 2.75) is 6.04 Å². The van der Waals surface area contributed by atoms with E-state index in [4.69, 9.17) is 4.74 Å². The van der Waals surface area contributed by atoms with Crippen LogP contribution in [0, 0.1) is 0 Å². The Morgan fingerprint density at radius 2 is 1.82 bits per heavy atom. The first-order chi connectivity index (χ1) is 10.6. The van der Waals surface area contributed by atoms with Crippen LogP contribution >= 0.6 is 0 Å². The van der Waals surface area contributed by atoms with Crippen LogP contribution in [0.25, 0.3) is 0 Å². The molecule has 0 aromatic heterocycles. The van der Waals surface area contributed by atoms with Gasteiger partial charge in [-0.1, -0.05) is 30.3 Å². The maximum Gasteiger partial charge on any atom is 0.244 e. The lowest BCUT2D eigenvalue weighted by Crippen LogP contribution is -2.51. The van der Waals surface area contributed by atoms with E-state index in [-0.39, 0.29) is 11.9 Å². The molecule has 1 aliphatic heterocycles. The van der Waals surface area contributed by atoms with Crippen molar-refractivity contribution in [3.05, 3.63) is 35.9 Å². The van der Waals surface area contributed by atoms with Crippen molar-refractivity contribution in [2.75, 3.05) is 60.5 Å². The summed E-state index contributed by atoms with van der Waals surface area (Å²) in [5.74, 6) is 0.150. The van der Waals surface area contributed by atoms with E-state index < -0.39 is 0 Å². The topological polar surface area (TPSA) is 36.0 Å². The van der Waals surface area contributed by atoms with Crippen LogP contribution < -0.4 is 0 Å². The summed E-state index contributed by atoms with van der Waals surface area (Å²) in [7, 11) is 5.39. The molecule has 122 valence electrons. The molecule has 0 radical (unpaired) electrons. The molecule has 0 unspecified atom stereocenters. The van der Waals surface area contributed by atoms with Crippen molar-refractivity contribution in [3.8, 4) is 0 Å². The van der Waals surface area contributed by atoms with Crippen LogP contribution in [0.15, 0.2) is 30.3 Å². The zero-order valence-corrected chi connectivity index (χ0v) is 13.9. The second kappa shape index (κ2) is 8.27. The molecule has 0 saturated carbocycles. The Morgan fingerprint density at radius 3 is 2.36 bits per heavy atom. The Balaban J connectivity index is 2.06. The number of ether oxygens (including phenoxy) is 1. The third-order valence-electron chi connectivity index (χ3n) is 4.17. The van der Waals surface area contributed by atoms with E-state index in [0.29, 0.717) is 0 Å². The predicted molar refractivity (Wildman–Crippen MR) is 87.8 cm³/mol. The summed E-state index contributed by atoms with van der Waals surface area (Å²) < 4.78 is 5.14. The van der Waals surface area contributed by atoms with Gasteiger partial charge in [0.2, 0.25) is 5.91 Å². The van der Waals surface area contributed by atoms with Crippen molar-refractivity contribution < 1.29 is 9.53 Å². The van der Waals surface area contributed by atoms with Gasteiger partial charge in [0.05, 0.1) is 6.61 Å². The summed E-state index contributed by atoms with van der Waals surface area (Å²) in [4.78, 5) is 19.0. The highest BCUT2D eigenvalue weighted by Crippen LogP contribution is 2.23. The van der Waals surface area contributed by atoms with Crippen LogP contribution in [0.2, 0.25) is 0 Å². The van der Waals surface area contributed by atoms with Crippen molar-refractivity contribution in [1.29, 1.82) is 0 Å². The number of likely N-dealkylation sites (N-methyl/N-ethyl adjacent to an activating group) is 1. The molecule has 1 aromatic carbocycles. The Bertz CT molecular complexity index is 456. The van der Waals surface area contributed by atoms with Gasteiger partial charge in [-0.15, -0.1) is 0 Å². The van der Waals surface area contributed by atoms with Gasteiger partial charge in [0.1, 0.15) is 6.04 Å². The van der Waals surface area contributed by atoms with Crippen LogP contribution in [-0.2, 0) is 9.53 Å². The van der Waals surface area contributed by atoms with Crippen LogP contribution in [0.1, 0.15) is 11.6 Å².